The number of aromatic nitrogens is 2. The maximum absolute atomic E-state index is 12.4. The first-order chi connectivity index (χ1) is 11.7. The average molecular weight is 327 g/mol. The molecule has 126 valence electrons. The van der Waals surface area contributed by atoms with Gasteiger partial charge < -0.3 is 14.4 Å². The Kier molecular flexibility index (Phi) is 5.38. The number of nitrogens with zero attached hydrogens (tertiary/aromatic N) is 3. The van der Waals surface area contributed by atoms with Crippen LogP contribution in [0.5, 0.6) is 5.75 Å². The Labute approximate surface area is 141 Å². The molecule has 2 heterocycles. The topological polar surface area (TPSA) is 64.6 Å². The van der Waals surface area contributed by atoms with Gasteiger partial charge in [0.25, 0.3) is 0 Å². The third kappa shape index (κ3) is 4.29. The number of para-hydroxylation sites is 1. The van der Waals surface area contributed by atoms with Gasteiger partial charge in [-0.05, 0) is 25.1 Å². The molecule has 1 amide bonds. The van der Waals surface area contributed by atoms with Gasteiger partial charge in [-0.2, -0.15) is 0 Å². The lowest BCUT2D eigenvalue weighted by molar-refractivity contribution is -0.139. The Hall–Kier alpha value is -2.47. The van der Waals surface area contributed by atoms with Crippen molar-refractivity contribution in [3.05, 3.63) is 54.1 Å². The number of morpholine rings is 1. The molecule has 0 unspecified atom stereocenters. The van der Waals surface area contributed by atoms with Crippen LogP contribution in [0.1, 0.15) is 24.0 Å². The summed E-state index contributed by atoms with van der Waals surface area (Å²) in [5.41, 5.74) is 0.820. The van der Waals surface area contributed by atoms with Crippen LogP contribution in [0.25, 0.3) is 0 Å². The number of hydrogen-bond acceptors (Lipinski definition) is 5. The molecule has 6 nitrogen and oxygen atoms in total. The molecule has 1 atom stereocenters. The lowest BCUT2D eigenvalue weighted by Crippen LogP contribution is -2.42. The zero-order chi connectivity index (χ0) is 16.8. The third-order valence-electron chi connectivity index (χ3n) is 3.87. The average Bonchev–Trinajstić information content (AvgIpc) is 2.63. The van der Waals surface area contributed by atoms with Gasteiger partial charge in [0.15, 0.2) is 0 Å². The molecule has 0 saturated carbocycles. The highest BCUT2D eigenvalue weighted by molar-refractivity contribution is 5.76. The predicted octanol–water partition coefficient (Wildman–Crippen LogP) is 2.15. The summed E-state index contributed by atoms with van der Waals surface area (Å²) < 4.78 is 11.4. The summed E-state index contributed by atoms with van der Waals surface area (Å²) in [6, 6.07) is 11.4. The Morgan fingerprint density at radius 3 is 2.96 bits per heavy atom. The van der Waals surface area contributed by atoms with Gasteiger partial charge in [0.05, 0.1) is 31.9 Å². The Balaban J connectivity index is 1.51. The quantitative estimate of drug-likeness (QED) is 0.842. The fourth-order valence-corrected chi connectivity index (χ4v) is 2.64. The van der Waals surface area contributed by atoms with Crippen molar-refractivity contribution in [3.63, 3.8) is 0 Å². The number of aryl methyl sites for hydroxylation is 1. The Morgan fingerprint density at radius 1 is 1.33 bits per heavy atom. The van der Waals surface area contributed by atoms with Crippen molar-refractivity contribution >= 4 is 5.91 Å². The maximum Gasteiger partial charge on any atom is 0.226 e. The van der Waals surface area contributed by atoms with Gasteiger partial charge in [-0.1, -0.05) is 18.2 Å². The number of carbonyl (C=O) groups is 1. The second-order valence-electron chi connectivity index (χ2n) is 5.64. The summed E-state index contributed by atoms with van der Waals surface area (Å²) in [5.74, 6) is 1.56. The highest BCUT2D eigenvalue weighted by atomic mass is 16.5. The first-order valence-corrected chi connectivity index (χ1v) is 8.09. The second-order valence-corrected chi connectivity index (χ2v) is 5.64. The van der Waals surface area contributed by atoms with Gasteiger partial charge in [0, 0.05) is 12.7 Å². The molecule has 0 spiro atoms. The number of ether oxygens (including phenoxy) is 2. The van der Waals surface area contributed by atoms with E-state index in [-0.39, 0.29) is 12.0 Å². The van der Waals surface area contributed by atoms with Gasteiger partial charge in [0.1, 0.15) is 17.7 Å². The zero-order valence-electron chi connectivity index (χ0n) is 13.7. The van der Waals surface area contributed by atoms with Crippen LogP contribution in [0, 0.1) is 6.92 Å². The van der Waals surface area contributed by atoms with Gasteiger partial charge >= 0.3 is 0 Å². The number of carbonyl (C=O) groups excluding carboxylic acids is 1. The number of benzene rings is 1. The van der Waals surface area contributed by atoms with Crippen molar-refractivity contribution < 1.29 is 14.3 Å². The van der Waals surface area contributed by atoms with Gasteiger partial charge in [0.2, 0.25) is 5.91 Å². The zero-order valence-corrected chi connectivity index (χ0v) is 13.7. The van der Waals surface area contributed by atoms with E-state index < -0.39 is 0 Å². The van der Waals surface area contributed by atoms with E-state index in [1.807, 2.05) is 48.2 Å². The fourth-order valence-electron chi connectivity index (χ4n) is 2.64. The normalized spacial score (nSPS) is 17.5. The molecular weight excluding hydrogens is 306 g/mol. The van der Waals surface area contributed by atoms with E-state index in [9.17, 15) is 4.79 Å². The summed E-state index contributed by atoms with van der Waals surface area (Å²) in [5, 5.41) is 0. The van der Waals surface area contributed by atoms with Crippen molar-refractivity contribution in [2.75, 3.05) is 26.3 Å². The molecule has 1 aromatic heterocycles. The van der Waals surface area contributed by atoms with Crippen LogP contribution >= 0.6 is 0 Å². The van der Waals surface area contributed by atoms with Crippen molar-refractivity contribution in [1.82, 2.24) is 14.9 Å². The van der Waals surface area contributed by atoms with E-state index in [2.05, 4.69) is 9.97 Å². The SMILES string of the molecule is Cc1nccc([C@@H]2CN(C(=O)CCOc3ccccc3)CCO2)n1. The number of amides is 1. The highest BCUT2D eigenvalue weighted by Crippen LogP contribution is 2.21. The minimum Gasteiger partial charge on any atom is -0.493 e. The molecule has 3 rings (SSSR count). The highest BCUT2D eigenvalue weighted by Gasteiger charge is 2.26. The molecular formula is C18H21N3O3. The molecule has 2 aromatic rings. The summed E-state index contributed by atoms with van der Waals surface area (Å²) in [6.45, 7) is 3.85. The predicted molar refractivity (Wildman–Crippen MR) is 88.6 cm³/mol. The Bertz CT molecular complexity index is 678. The second kappa shape index (κ2) is 7.88. The van der Waals surface area contributed by atoms with E-state index in [4.69, 9.17) is 9.47 Å². The molecule has 1 fully saturated rings. The van der Waals surface area contributed by atoms with Crippen LogP contribution in [-0.2, 0) is 9.53 Å². The molecule has 6 heteroatoms. The minimum atomic E-state index is -0.195. The summed E-state index contributed by atoms with van der Waals surface area (Å²) in [4.78, 5) is 22.7. The number of rotatable bonds is 5. The molecule has 0 radical (unpaired) electrons. The molecule has 1 aromatic carbocycles. The van der Waals surface area contributed by atoms with Gasteiger partial charge in [-0.15, -0.1) is 0 Å². The van der Waals surface area contributed by atoms with Crippen molar-refractivity contribution in [3.8, 4) is 5.75 Å². The van der Waals surface area contributed by atoms with Crippen molar-refractivity contribution in [2.45, 2.75) is 19.4 Å². The van der Waals surface area contributed by atoms with Crippen LogP contribution in [-0.4, -0.2) is 47.1 Å². The van der Waals surface area contributed by atoms with E-state index in [0.717, 1.165) is 11.4 Å². The largest absolute Gasteiger partial charge is 0.493 e. The van der Waals surface area contributed by atoms with Gasteiger partial charge in [-0.25, -0.2) is 9.97 Å². The molecule has 1 aliphatic heterocycles. The summed E-state index contributed by atoms with van der Waals surface area (Å²) >= 11 is 0. The van der Waals surface area contributed by atoms with Crippen molar-refractivity contribution in [1.29, 1.82) is 0 Å². The van der Waals surface area contributed by atoms with Crippen LogP contribution in [0.3, 0.4) is 0 Å². The van der Waals surface area contributed by atoms with Crippen molar-refractivity contribution in [2.24, 2.45) is 0 Å². The molecule has 1 saturated heterocycles. The van der Waals surface area contributed by atoms with Crippen LogP contribution in [0.15, 0.2) is 42.6 Å². The molecule has 1 aliphatic rings. The lowest BCUT2D eigenvalue weighted by atomic mass is 10.2. The summed E-state index contributed by atoms with van der Waals surface area (Å²) in [7, 11) is 0. The van der Waals surface area contributed by atoms with E-state index >= 15 is 0 Å². The standard InChI is InChI=1S/C18H21N3O3/c1-14-19-9-7-16(20-14)17-13-21(10-12-24-17)18(22)8-11-23-15-5-3-2-4-6-15/h2-7,9,17H,8,10-13H2,1H3/t17-/m0/s1. The van der Waals surface area contributed by atoms with Crippen LogP contribution in [0.4, 0.5) is 0 Å². The van der Waals surface area contributed by atoms with E-state index in [0.29, 0.717) is 38.5 Å². The first-order valence-electron chi connectivity index (χ1n) is 8.09. The fraction of sp³-hybridized carbons (Fsp3) is 0.389. The molecule has 0 aliphatic carbocycles. The third-order valence-corrected chi connectivity index (χ3v) is 3.87. The number of hydrogen-bond donors (Lipinski definition) is 0. The Morgan fingerprint density at radius 2 is 2.17 bits per heavy atom. The molecule has 0 bridgehead atoms. The molecule has 0 N–H and O–H groups in total. The maximum atomic E-state index is 12.4. The van der Waals surface area contributed by atoms with Crippen LogP contribution < -0.4 is 4.74 Å². The van der Waals surface area contributed by atoms with Crippen LogP contribution in [0.2, 0.25) is 0 Å². The van der Waals surface area contributed by atoms with Gasteiger partial charge in [-0.3, -0.25) is 4.79 Å². The monoisotopic (exact) mass is 327 g/mol. The summed E-state index contributed by atoms with van der Waals surface area (Å²) in [6.07, 6.45) is 1.87. The minimum absolute atomic E-state index is 0.0741. The lowest BCUT2D eigenvalue weighted by Gasteiger charge is -2.32. The van der Waals surface area contributed by atoms with E-state index in [1.165, 1.54) is 0 Å². The van der Waals surface area contributed by atoms with E-state index in [1.54, 1.807) is 6.20 Å². The molecule has 24 heavy (non-hydrogen) atoms. The smallest absolute Gasteiger partial charge is 0.226 e. The first kappa shape index (κ1) is 16.4.